The van der Waals surface area contributed by atoms with Gasteiger partial charge >= 0.3 is 0 Å². The van der Waals surface area contributed by atoms with Crippen molar-refractivity contribution in [2.24, 2.45) is 0 Å². The molecule has 0 bridgehead atoms. The van der Waals surface area contributed by atoms with Gasteiger partial charge in [-0.25, -0.2) is 4.98 Å². The summed E-state index contributed by atoms with van der Waals surface area (Å²) in [5.74, 6) is 0. The Balaban J connectivity index is 1.86. The van der Waals surface area contributed by atoms with E-state index in [2.05, 4.69) is 41.3 Å². The number of rotatable bonds is 4. The topological polar surface area (TPSA) is 50.5 Å². The molecular formula is C16H18N4OS. The molecule has 0 aliphatic rings. The SMILES string of the molecule is CCc1ccc(CN(C)c2nn3c(=O)cc(C)nc3s2)cc1. The number of fused-ring (bicyclic) bond motifs is 1. The van der Waals surface area contributed by atoms with E-state index < -0.39 is 0 Å². The molecule has 22 heavy (non-hydrogen) atoms. The lowest BCUT2D eigenvalue weighted by Gasteiger charge is -2.15. The molecule has 3 rings (SSSR count). The molecule has 0 N–H and O–H groups in total. The Kier molecular flexibility index (Phi) is 3.94. The molecule has 0 saturated carbocycles. The minimum atomic E-state index is -0.134. The van der Waals surface area contributed by atoms with Gasteiger partial charge in [0.05, 0.1) is 0 Å². The van der Waals surface area contributed by atoms with Crippen LogP contribution in [0.5, 0.6) is 0 Å². The number of hydrogen-bond donors (Lipinski definition) is 0. The van der Waals surface area contributed by atoms with Crippen LogP contribution in [-0.2, 0) is 13.0 Å². The van der Waals surface area contributed by atoms with Gasteiger partial charge in [0.15, 0.2) is 0 Å². The molecule has 0 fully saturated rings. The first-order chi connectivity index (χ1) is 10.6. The van der Waals surface area contributed by atoms with E-state index in [1.165, 1.54) is 33.0 Å². The van der Waals surface area contributed by atoms with Crippen molar-refractivity contribution in [2.75, 3.05) is 11.9 Å². The fourth-order valence-corrected chi connectivity index (χ4v) is 3.20. The van der Waals surface area contributed by atoms with Crippen LogP contribution in [0.15, 0.2) is 35.1 Å². The zero-order valence-electron chi connectivity index (χ0n) is 12.9. The second-order valence-electron chi connectivity index (χ2n) is 5.34. The summed E-state index contributed by atoms with van der Waals surface area (Å²) in [4.78, 5) is 18.9. The smallest absolute Gasteiger partial charge is 0.275 e. The van der Waals surface area contributed by atoms with Crippen LogP contribution in [0.2, 0.25) is 0 Å². The van der Waals surface area contributed by atoms with Crippen molar-refractivity contribution >= 4 is 21.4 Å². The molecule has 1 aromatic carbocycles. The summed E-state index contributed by atoms with van der Waals surface area (Å²) in [7, 11) is 1.98. The highest BCUT2D eigenvalue weighted by Gasteiger charge is 2.11. The normalized spacial score (nSPS) is 11.0. The molecule has 0 aliphatic heterocycles. The van der Waals surface area contributed by atoms with E-state index in [0.29, 0.717) is 4.96 Å². The standard InChI is InChI=1S/C16H18N4OS/c1-4-12-5-7-13(8-6-12)10-19(3)16-18-20-14(21)9-11(2)17-15(20)22-16/h5-9H,4,10H2,1-3H3. The Bertz CT molecular complexity index is 851. The summed E-state index contributed by atoms with van der Waals surface area (Å²) in [6, 6.07) is 10.1. The van der Waals surface area contributed by atoms with Gasteiger partial charge in [-0.05, 0) is 24.5 Å². The van der Waals surface area contributed by atoms with Gasteiger partial charge < -0.3 is 4.90 Å². The Morgan fingerprint density at radius 1 is 1.23 bits per heavy atom. The highest BCUT2D eigenvalue weighted by atomic mass is 32.1. The van der Waals surface area contributed by atoms with Crippen molar-refractivity contribution < 1.29 is 0 Å². The highest BCUT2D eigenvalue weighted by molar-refractivity contribution is 7.20. The zero-order valence-corrected chi connectivity index (χ0v) is 13.7. The van der Waals surface area contributed by atoms with Gasteiger partial charge in [-0.3, -0.25) is 4.79 Å². The Labute approximate surface area is 132 Å². The first kappa shape index (κ1) is 14.7. The molecule has 0 saturated heterocycles. The number of benzene rings is 1. The van der Waals surface area contributed by atoms with Gasteiger partial charge in [-0.1, -0.05) is 42.5 Å². The second-order valence-corrected chi connectivity index (χ2v) is 6.28. The summed E-state index contributed by atoms with van der Waals surface area (Å²) >= 11 is 1.43. The monoisotopic (exact) mass is 314 g/mol. The predicted molar refractivity (Wildman–Crippen MR) is 89.8 cm³/mol. The number of hydrogen-bond acceptors (Lipinski definition) is 5. The molecule has 0 atom stereocenters. The molecule has 0 unspecified atom stereocenters. The third kappa shape index (κ3) is 2.87. The number of aromatic nitrogens is 3. The number of anilines is 1. The maximum Gasteiger partial charge on any atom is 0.275 e. The molecule has 0 amide bonds. The Morgan fingerprint density at radius 2 is 1.91 bits per heavy atom. The fourth-order valence-electron chi connectivity index (χ4n) is 2.29. The molecule has 6 heteroatoms. The molecule has 2 aromatic heterocycles. The number of nitrogens with zero attached hydrogens (tertiary/aromatic N) is 4. The van der Waals surface area contributed by atoms with Gasteiger partial charge in [0.2, 0.25) is 10.1 Å². The van der Waals surface area contributed by atoms with E-state index in [-0.39, 0.29) is 5.56 Å². The molecule has 0 aliphatic carbocycles. The van der Waals surface area contributed by atoms with Crippen LogP contribution in [-0.4, -0.2) is 21.6 Å². The molecule has 5 nitrogen and oxygen atoms in total. The largest absolute Gasteiger partial charge is 0.345 e. The van der Waals surface area contributed by atoms with E-state index >= 15 is 0 Å². The van der Waals surface area contributed by atoms with Crippen LogP contribution in [0.1, 0.15) is 23.7 Å². The first-order valence-corrected chi connectivity index (χ1v) is 8.05. The minimum absolute atomic E-state index is 0.134. The van der Waals surface area contributed by atoms with Crippen molar-refractivity contribution in [3.63, 3.8) is 0 Å². The van der Waals surface area contributed by atoms with Crippen LogP contribution in [0.4, 0.5) is 5.13 Å². The maximum atomic E-state index is 11.9. The van der Waals surface area contributed by atoms with Crippen molar-refractivity contribution in [3.8, 4) is 0 Å². The lowest BCUT2D eigenvalue weighted by atomic mass is 10.1. The summed E-state index contributed by atoms with van der Waals surface area (Å²) in [6.07, 6.45) is 1.04. The van der Waals surface area contributed by atoms with Crippen molar-refractivity contribution in [1.29, 1.82) is 0 Å². The predicted octanol–water partition coefficient (Wildman–Crippen LogP) is 2.66. The van der Waals surface area contributed by atoms with Crippen molar-refractivity contribution in [2.45, 2.75) is 26.8 Å². The van der Waals surface area contributed by atoms with Gasteiger partial charge in [0, 0.05) is 25.4 Å². The average molecular weight is 314 g/mol. The zero-order chi connectivity index (χ0) is 15.7. The third-order valence-corrected chi connectivity index (χ3v) is 4.56. The first-order valence-electron chi connectivity index (χ1n) is 7.23. The molecule has 0 spiro atoms. The van der Waals surface area contributed by atoms with E-state index in [4.69, 9.17) is 0 Å². The second kappa shape index (κ2) is 5.88. The average Bonchev–Trinajstić information content (AvgIpc) is 2.92. The summed E-state index contributed by atoms with van der Waals surface area (Å²) in [5, 5.41) is 5.16. The van der Waals surface area contributed by atoms with Crippen LogP contribution in [0, 0.1) is 6.92 Å². The molecular weight excluding hydrogens is 296 g/mol. The minimum Gasteiger partial charge on any atom is -0.345 e. The van der Waals surface area contributed by atoms with Crippen LogP contribution < -0.4 is 10.5 Å². The lowest BCUT2D eigenvalue weighted by Crippen LogP contribution is -2.18. The van der Waals surface area contributed by atoms with Gasteiger partial charge in [-0.2, -0.15) is 4.52 Å². The summed E-state index contributed by atoms with van der Waals surface area (Å²) in [5.41, 5.74) is 3.14. The molecule has 0 radical (unpaired) electrons. The van der Waals surface area contributed by atoms with Gasteiger partial charge in [0.25, 0.3) is 5.56 Å². The van der Waals surface area contributed by atoms with Crippen LogP contribution >= 0.6 is 11.3 Å². The summed E-state index contributed by atoms with van der Waals surface area (Å²) < 4.78 is 1.36. The lowest BCUT2D eigenvalue weighted by molar-refractivity contribution is 0.841. The Hall–Kier alpha value is -2.21. The van der Waals surface area contributed by atoms with E-state index in [1.54, 1.807) is 0 Å². The van der Waals surface area contributed by atoms with Gasteiger partial charge in [0.1, 0.15) is 0 Å². The van der Waals surface area contributed by atoms with E-state index in [1.807, 2.05) is 18.9 Å². The number of aryl methyl sites for hydroxylation is 2. The van der Waals surface area contributed by atoms with Crippen LogP contribution in [0.3, 0.4) is 0 Å². The quantitative estimate of drug-likeness (QED) is 0.743. The Morgan fingerprint density at radius 3 is 2.59 bits per heavy atom. The van der Waals surface area contributed by atoms with Crippen LogP contribution in [0.25, 0.3) is 4.96 Å². The van der Waals surface area contributed by atoms with Crippen molar-refractivity contribution in [3.05, 3.63) is 57.5 Å². The third-order valence-electron chi connectivity index (χ3n) is 3.54. The van der Waals surface area contributed by atoms with Gasteiger partial charge in [-0.15, -0.1) is 5.10 Å². The molecule has 114 valence electrons. The highest BCUT2D eigenvalue weighted by Crippen LogP contribution is 2.21. The molecule has 3 aromatic rings. The van der Waals surface area contributed by atoms with Crippen molar-refractivity contribution in [1.82, 2.24) is 14.6 Å². The fraction of sp³-hybridized carbons (Fsp3) is 0.312. The van der Waals surface area contributed by atoms with E-state index in [9.17, 15) is 4.79 Å². The molecule has 2 heterocycles. The maximum absolute atomic E-state index is 11.9. The van der Waals surface area contributed by atoms with E-state index in [0.717, 1.165) is 23.8 Å². The summed E-state index contributed by atoms with van der Waals surface area (Å²) in [6.45, 7) is 4.71.